The van der Waals surface area contributed by atoms with Crippen LogP contribution in [0.5, 0.6) is 0 Å². The number of rotatable bonds is 9. The second-order valence-electron chi connectivity index (χ2n) is 6.81. The van der Waals surface area contributed by atoms with Gasteiger partial charge in [-0.05, 0) is 25.8 Å². The van der Waals surface area contributed by atoms with Crippen LogP contribution < -0.4 is 16.0 Å². The zero-order valence-corrected chi connectivity index (χ0v) is 16.8. The first-order valence-corrected chi connectivity index (χ1v) is 9.45. The Bertz CT molecular complexity index is 770. The van der Waals surface area contributed by atoms with Gasteiger partial charge in [-0.15, -0.1) is 0 Å². The average molecular weight is 387 g/mol. The molecule has 0 spiro atoms. The third-order valence-corrected chi connectivity index (χ3v) is 4.23. The van der Waals surface area contributed by atoms with Gasteiger partial charge in [-0.3, -0.25) is 9.48 Å². The highest BCUT2D eigenvalue weighted by atomic mass is 16.3. The Kier molecular flexibility index (Phi) is 8.01. The van der Waals surface area contributed by atoms with Crippen LogP contribution in [0.1, 0.15) is 25.0 Å². The summed E-state index contributed by atoms with van der Waals surface area (Å²) in [5.41, 5.74) is 0.776. The lowest BCUT2D eigenvalue weighted by molar-refractivity contribution is -0.119. The number of nitrogens with one attached hydrogen (secondary N) is 3. The molecule has 1 amide bonds. The van der Waals surface area contributed by atoms with Gasteiger partial charge in [0, 0.05) is 31.9 Å². The fraction of sp³-hybridized carbons (Fsp3) is 0.450. The van der Waals surface area contributed by atoms with Crippen LogP contribution in [0.15, 0.2) is 47.7 Å². The van der Waals surface area contributed by atoms with E-state index in [1.165, 1.54) is 5.56 Å². The maximum Gasteiger partial charge on any atom is 0.241 e. The summed E-state index contributed by atoms with van der Waals surface area (Å²) in [6.45, 7) is 5.11. The lowest BCUT2D eigenvalue weighted by Gasteiger charge is -2.23. The van der Waals surface area contributed by atoms with Crippen LogP contribution in [-0.4, -0.2) is 52.9 Å². The molecular formula is C20H30N6O2. The van der Waals surface area contributed by atoms with Gasteiger partial charge in [0.1, 0.15) is 12.1 Å². The van der Waals surface area contributed by atoms with Gasteiger partial charge in [-0.25, -0.2) is 4.99 Å². The van der Waals surface area contributed by atoms with Gasteiger partial charge >= 0.3 is 0 Å². The monoisotopic (exact) mass is 386 g/mol. The molecule has 1 unspecified atom stereocenters. The number of benzene rings is 1. The van der Waals surface area contributed by atoms with E-state index in [-0.39, 0.29) is 19.0 Å². The molecule has 0 saturated heterocycles. The van der Waals surface area contributed by atoms with Crippen molar-refractivity contribution in [3.63, 3.8) is 0 Å². The standard InChI is InChI=1S/C20H30N6O2/c1-4-21-19(24-15-20(2,28)17-12-25-26(3)14-17)23-13-18(27)22-11-10-16-8-6-5-7-9-16/h5-9,12,14,28H,4,10-11,13,15H2,1-3H3,(H,22,27)(H2,21,23,24). The van der Waals surface area contributed by atoms with E-state index in [1.54, 1.807) is 31.0 Å². The fourth-order valence-electron chi connectivity index (χ4n) is 2.60. The minimum Gasteiger partial charge on any atom is -0.383 e. The summed E-state index contributed by atoms with van der Waals surface area (Å²) in [5, 5.41) is 23.7. The normalized spacial score (nSPS) is 13.6. The lowest BCUT2D eigenvalue weighted by atomic mass is 10.00. The summed E-state index contributed by atoms with van der Waals surface area (Å²) in [6.07, 6.45) is 4.18. The average Bonchev–Trinajstić information content (AvgIpc) is 3.12. The Morgan fingerprint density at radius 3 is 2.64 bits per heavy atom. The van der Waals surface area contributed by atoms with Crippen molar-refractivity contribution in [3.05, 3.63) is 53.9 Å². The van der Waals surface area contributed by atoms with Gasteiger partial charge < -0.3 is 21.1 Å². The molecule has 152 valence electrons. The van der Waals surface area contributed by atoms with Crippen molar-refractivity contribution < 1.29 is 9.90 Å². The van der Waals surface area contributed by atoms with E-state index < -0.39 is 5.60 Å². The van der Waals surface area contributed by atoms with Crippen molar-refractivity contribution in [1.82, 2.24) is 25.7 Å². The molecule has 1 aromatic heterocycles. The molecule has 0 aliphatic heterocycles. The fourth-order valence-corrected chi connectivity index (χ4v) is 2.60. The largest absolute Gasteiger partial charge is 0.383 e. The number of carbonyl (C=O) groups excluding carboxylic acids is 1. The zero-order valence-electron chi connectivity index (χ0n) is 16.8. The van der Waals surface area contributed by atoms with Crippen molar-refractivity contribution >= 4 is 11.9 Å². The van der Waals surface area contributed by atoms with Crippen LogP contribution in [0.3, 0.4) is 0 Å². The molecule has 0 saturated carbocycles. The summed E-state index contributed by atoms with van der Waals surface area (Å²) in [7, 11) is 1.80. The first-order valence-electron chi connectivity index (χ1n) is 9.45. The Labute approximate surface area is 166 Å². The van der Waals surface area contributed by atoms with E-state index in [1.807, 2.05) is 37.3 Å². The molecule has 8 nitrogen and oxygen atoms in total. The Morgan fingerprint density at radius 2 is 2.00 bits per heavy atom. The summed E-state index contributed by atoms with van der Waals surface area (Å²) in [5.74, 6) is 0.331. The van der Waals surface area contributed by atoms with Gasteiger partial charge in [-0.1, -0.05) is 30.3 Å². The van der Waals surface area contributed by atoms with E-state index in [2.05, 4.69) is 26.0 Å². The third kappa shape index (κ3) is 7.03. The molecule has 2 aromatic rings. The highest BCUT2D eigenvalue weighted by Gasteiger charge is 2.25. The highest BCUT2D eigenvalue weighted by molar-refractivity contribution is 5.84. The number of guanidine groups is 1. The SMILES string of the molecule is CCNC(=NCC(=O)NCCc1ccccc1)NCC(C)(O)c1cnn(C)c1. The molecule has 0 radical (unpaired) electrons. The van der Waals surface area contributed by atoms with Gasteiger partial charge in [0.2, 0.25) is 5.91 Å². The quantitative estimate of drug-likeness (QED) is 0.372. The molecular weight excluding hydrogens is 356 g/mol. The summed E-state index contributed by atoms with van der Waals surface area (Å²) in [6, 6.07) is 10.0. The van der Waals surface area contributed by atoms with Crippen LogP contribution in [0, 0.1) is 0 Å². The summed E-state index contributed by atoms with van der Waals surface area (Å²) >= 11 is 0. The molecule has 0 aliphatic rings. The predicted molar refractivity (Wildman–Crippen MR) is 110 cm³/mol. The smallest absolute Gasteiger partial charge is 0.241 e. The third-order valence-electron chi connectivity index (χ3n) is 4.23. The molecule has 0 fully saturated rings. The number of amides is 1. The van der Waals surface area contributed by atoms with E-state index in [0.29, 0.717) is 24.6 Å². The molecule has 4 N–H and O–H groups in total. The number of hydrogen-bond acceptors (Lipinski definition) is 4. The number of nitrogens with zero attached hydrogens (tertiary/aromatic N) is 3. The van der Waals surface area contributed by atoms with Crippen LogP contribution >= 0.6 is 0 Å². The molecule has 28 heavy (non-hydrogen) atoms. The minimum atomic E-state index is -1.11. The Balaban J connectivity index is 1.81. The molecule has 1 atom stereocenters. The van der Waals surface area contributed by atoms with E-state index in [0.717, 1.165) is 6.42 Å². The predicted octanol–water partition coefficient (Wildman–Crippen LogP) is 0.542. The molecule has 0 aliphatic carbocycles. The number of aromatic nitrogens is 2. The minimum absolute atomic E-state index is 0.0131. The molecule has 1 aromatic carbocycles. The maximum atomic E-state index is 12.0. The van der Waals surface area contributed by atoms with Crippen molar-refractivity contribution in [2.75, 3.05) is 26.2 Å². The number of hydrogen-bond donors (Lipinski definition) is 4. The van der Waals surface area contributed by atoms with Gasteiger partial charge in [0.25, 0.3) is 0 Å². The van der Waals surface area contributed by atoms with Crippen molar-refractivity contribution in [1.29, 1.82) is 0 Å². The number of aliphatic imine (C=N–C) groups is 1. The number of carbonyl (C=O) groups is 1. The Hall–Kier alpha value is -2.87. The van der Waals surface area contributed by atoms with Crippen LogP contribution in [-0.2, 0) is 23.9 Å². The summed E-state index contributed by atoms with van der Waals surface area (Å²) in [4.78, 5) is 16.3. The van der Waals surface area contributed by atoms with E-state index in [4.69, 9.17) is 0 Å². The van der Waals surface area contributed by atoms with E-state index >= 15 is 0 Å². The van der Waals surface area contributed by atoms with Crippen molar-refractivity contribution in [2.24, 2.45) is 12.0 Å². The molecule has 0 bridgehead atoms. The van der Waals surface area contributed by atoms with Crippen LogP contribution in [0.2, 0.25) is 0 Å². The van der Waals surface area contributed by atoms with Crippen molar-refractivity contribution in [2.45, 2.75) is 25.9 Å². The zero-order chi connectivity index (χ0) is 20.4. The lowest BCUT2D eigenvalue weighted by Crippen LogP contribution is -2.45. The first-order chi connectivity index (χ1) is 13.4. The van der Waals surface area contributed by atoms with Crippen LogP contribution in [0.4, 0.5) is 0 Å². The second-order valence-corrected chi connectivity index (χ2v) is 6.81. The maximum absolute atomic E-state index is 12.0. The van der Waals surface area contributed by atoms with Gasteiger partial charge in [0.15, 0.2) is 5.96 Å². The van der Waals surface area contributed by atoms with Gasteiger partial charge in [0.05, 0.1) is 12.7 Å². The van der Waals surface area contributed by atoms with Crippen LogP contribution in [0.25, 0.3) is 0 Å². The van der Waals surface area contributed by atoms with Crippen molar-refractivity contribution in [3.8, 4) is 0 Å². The molecule has 2 rings (SSSR count). The number of aryl methyl sites for hydroxylation is 1. The topological polar surface area (TPSA) is 104 Å². The molecule has 1 heterocycles. The van der Waals surface area contributed by atoms with Gasteiger partial charge in [-0.2, -0.15) is 5.10 Å². The molecule has 8 heteroatoms. The Morgan fingerprint density at radius 1 is 1.25 bits per heavy atom. The van der Waals surface area contributed by atoms with E-state index in [9.17, 15) is 9.90 Å². The number of aliphatic hydroxyl groups is 1. The summed E-state index contributed by atoms with van der Waals surface area (Å²) < 4.78 is 1.64. The first kappa shape index (κ1) is 21.4. The highest BCUT2D eigenvalue weighted by Crippen LogP contribution is 2.18. The second kappa shape index (κ2) is 10.5.